The van der Waals surface area contributed by atoms with E-state index in [4.69, 9.17) is 4.42 Å². The van der Waals surface area contributed by atoms with Crippen molar-refractivity contribution in [1.82, 2.24) is 14.8 Å². The summed E-state index contributed by atoms with van der Waals surface area (Å²) in [4.78, 5) is 9.38. The van der Waals surface area contributed by atoms with Gasteiger partial charge in [-0.2, -0.15) is 0 Å². The molecule has 0 saturated carbocycles. The van der Waals surface area contributed by atoms with Crippen LogP contribution in [-0.4, -0.2) is 47.5 Å². The first kappa shape index (κ1) is 17.2. The second-order valence-corrected chi connectivity index (χ2v) is 6.97. The number of furan rings is 1. The lowest BCUT2D eigenvalue weighted by atomic mass is 10.0. The fraction of sp³-hybridized carbons (Fsp3) is 0.550. The smallest absolute Gasteiger partial charge is 0.107 e. The molecule has 3 heterocycles. The van der Waals surface area contributed by atoms with E-state index < -0.39 is 0 Å². The molecule has 4 heteroatoms. The molecule has 2 aromatic heterocycles. The number of rotatable bonds is 6. The van der Waals surface area contributed by atoms with Gasteiger partial charge in [-0.25, -0.2) is 0 Å². The first-order chi connectivity index (χ1) is 11.7. The molecule has 24 heavy (non-hydrogen) atoms. The minimum absolute atomic E-state index is 0.494. The van der Waals surface area contributed by atoms with Gasteiger partial charge in [0.1, 0.15) is 11.5 Å². The molecule has 0 aliphatic carbocycles. The SMILES string of the molecule is Cc1ccc([C@@H](C)CCN2CCCN(Cc3cccnc3)CC2)o1. The highest BCUT2D eigenvalue weighted by atomic mass is 16.3. The fourth-order valence-corrected chi connectivity index (χ4v) is 3.39. The molecule has 1 aliphatic heterocycles. The number of aromatic nitrogens is 1. The van der Waals surface area contributed by atoms with Gasteiger partial charge in [0.25, 0.3) is 0 Å². The Kier molecular flexibility index (Phi) is 6.05. The largest absolute Gasteiger partial charge is 0.466 e. The lowest BCUT2D eigenvalue weighted by Crippen LogP contribution is -2.31. The van der Waals surface area contributed by atoms with Crippen LogP contribution in [0.25, 0.3) is 0 Å². The highest BCUT2D eigenvalue weighted by molar-refractivity contribution is 5.09. The summed E-state index contributed by atoms with van der Waals surface area (Å²) in [6.07, 6.45) is 6.23. The van der Waals surface area contributed by atoms with E-state index in [0.717, 1.165) is 44.1 Å². The zero-order valence-electron chi connectivity index (χ0n) is 14.9. The minimum atomic E-state index is 0.494. The Hall–Kier alpha value is -1.65. The van der Waals surface area contributed by atoms with Crippen molar-refractivity contribution >= 4 is 0 Å². The lowest BCUT2D eigenvalue weighted by molar-refractivity contribution is 0.245. The molecule has 1 atom stereocenters. The summed E-state index contributed by atoms with van der Waals surface area (Å²) in [6.45, 7) is 11.1. The molecular weight excluding hydrogens is 298 g/mol. The van der Waals surface area contributed by atoms with Crippen LogP contribution in [-0.2, 0) is 6.54 Å². The second kappa shape index (κ2) is 8.45. The van der Waals surface area contributed by atoms with Crippen LogP contribution >= 0.6 is 0 Å². The maximum atomic E-state index is 5.76. The van der Waals surface area contributed by atoms with Gasteiger partial charge < -0.3 is 9.32 Å². The molecule has 0 radical (unpaired) electrons. The average molecular weight is 327 g/mol. The fourth-order valence-electron chi connectivity index (χ4n) is 3.39. The first-order valence-electron chi connectivity index (χ1n) is 9.10. The topological polar surface area (TPSA) is 32.5 Å². The zero-order chi connectivity index (χ0) is 16.8. The normalized spacial score (nSPS) is 18.4. The number of pyridine rings is 1. The third-order valence-electron chi connectivity index (χ3n) is 4.94. The van der Waals surface area contributed by atoms with Crippen molar-refractivity contribution in [2.45, 2.75) is 39.2 Å². The van der Waals surface area contributed by atoms with Gasteiger partial charge in [0.05, 0.1) is 0 Å². The van der Waals surface area contributed by atoms with Crippen LogP contribution in [0.3, 0.4) is 0 Å². The number of nitrogens with zero attached hydrogens (tertiary/aromatic N) is 3. The molecule has 0 N–H and O–H groups in total. The quantitative estimate of drug-likeness (QED) is 0.810. The monoisotopic (exact) mass is 327 g/mol. The van der Waals surface area contributed by atoms with Crippen molar-refractivity contribution in [2.24, 2.45) is 0 Å². The number of aryl methyl sites for hydroxylation is 1. The van der Waals surface area contributed by atoms with Crippen molar-refractivity contribution in [2.75, 3.05) is 32.7 Å². The Morgan fingerprint density at radius 3 is 2.71 bits per heavy atom. The summed E-state index contributed by atoms with van der Waals surface area (Å²) in [5.41, 5.74) is 1.31. The molecule has 0 aromatic carbocycles. The van der Waals surface area contributed by atoms with Crippen LogP contribution in [0.1, 0.15) is 42.8 Å². The summed E-state index contributed by atoms with van der Waals surface area (Å²) in [6, 6.07) is 8.38. The van der Waals surface area contributed by atoms with Crippen LogP contribution in [0.5, 0.6) is 0 Å². The molecule has 1 fully saturated rings. The van der Waals surface area contributed by atoms with Gasteiger partial charge in [-0.1, -0.05) is 13.0 Å². The van der Waals surface area contributed by atoms with Gasteiger partial charge in [-0.3, -0.25) is 9.88 Å². The summed E-state index contributed by atoms with van der Waals surface area (Å²) in [5.74, 6) is 2.63. The lowest BCUT2D eigenvalue weighted by Gasteiger charge is -2.22. The number of hydrogen-bond acceptors (Lipinski definition) is 4. The molecule has 0 bridgehead atoms. The van der Waals surface area contributed by atoms with E-state index >= 15 is 0 Å². The van der Waals surface area contributed by atoms with Gasteiger partial charge in [-0.05, 0) is 63.2 Å². The van der Waals surface area contributed by atoms with Crippen LogP contribution in [0.2, 0.25) is 0 Å². The van der Waals surface area contributed by atoms with Crippen LogP contribution in [0.15, 0.2) is 41.1 Å². The van der Waals surface area contributed by atoms with Crippen molar-refractivity contribution in [3.63, 3.8) is 0 Å². The molecule has 0 spiro atoms. The summed E-state index contributed by atoms with van der Waals surface area (Å²) < 4.78 is 5.76. The molecule has 3 rings (SSSR count). The second-order valence-electron chi connectivity index (χ2n) is 6.97. The Morgan fingerprint density at radius 2 is 1.96 bits per heavy atom. The van der Waals surface area contributed by atoms with Crippen molar-refractivity contribution < 1.29 is 4.42 Å². The molecule has 130 valence electrons. The van der Waals surface area contributed by atoms with E-state index in [1.807, 2.05) is 25.4 Å². The molecule has 1 aliphatic rings. The highest BCUT2D eigenvalue weighted by Gasteiger charge is 2.17. The van der Waals surface area contributed by atoms with Gasteiger partial charge in [0.2, 0.25) is 0 Å². The average Bonchev–Trinajstić information content (AvgIpc) is 2.91. The molecular formula is C20H29N3O. The Balaban J connectivity index is 1.43. The van der Waals surface area contributed by atoms with E-state index in [0.29, 0.717) is 5.92 Å². The van der Waals surface area contributed by atoms with Gasteiger partial charge in [0, 0.05) is 37.9 Å². The summed E-state index contributed by atoms with van der Waals surface area (Å²) in [5, 5.41) is 0. The zero-order valence-corrected chi connectivity index (χ0v) is 14.9. The Morgan fingerprint density at radius 1 is 1.12 bits per heavy atom. The van der Waals surface area contributed by atoms with Crippen LogP contribution in [0, 0.1) is 6.92 Å². The molecule has 2 aromatic rings. The van der Waals surface area contributed by atoms with E-state index in [9.17, 15) is 0 Å². The molecule has 0 unspecified atom stereocenters. The summed E-state index contributed by atoms with van der Waals surface area (Å²) in [7, 11) is 0. The van der Waals surface area contributed by atoms with Gasteiger partial charge in [0.15, 0.2) is 0 Å². The van der Waals surface area contributed by atoms with Crippen molar-refractivity contribution in [1.29, 1.82) is 0 Å². The van der Waals surface area contributed by atoms with E-state index in [-0.39, 0.29) is 0 Å². The van der Waals surface area contributed by atoms with Crippen LogP contribution in [0.4, 0.5) is 0 Å². The van der Waals surface area contributed by atoms with Crippen molar-refractivity contribution in [3.05, 3.63) is 53.7 Å². The van der Waals surface area contributed by atoms with E-state index in [2.05, 4.69) is 39.9 Å². The van der Waals surface area contributed by atoms with Gasteiger partial charge in [-0.15, -0.1) is 0 Å². The third kappa shape index (κ3) is 4.92. The number of hydrogen-bond donors (Lipinski definition) is 0. The summed E-state index contributed by atoms with van der Waals surface area (Å²) >= 11 is 0. The standard InChI is InChI=1S/C20H29N3O/c1-17(20-7-6-18(2)24-20)8-12-22-10-4-11-23(14-13-22)16-19-5-3-9-21-15-19/h3,5-7,9,15,17H,4,8,10-14,16H2,1-2H3/t17-/m0/s1. The maximum Gasteiger partial charge on any atom is 0.107 e. The maximum absolute atomic E-state index is 5.76. The van der Waals surface area contributed by atoms with Crippen molar-refractivity contribution in [3.8, 4) is 0 Å². The van der Waals surface area contributed by atoms with Gasteiger partial charge >= 0.3 is 0 Å². The minimum Gasteiger partial charge on any atom is -0.466 e. The van der Waals surface area contributed by atoms with E-state index in [1.165, 1.54) is 25.1 Å². The van der Waals surface area contributed by atoms with E-state index in [1.54, 1.807) is 0 Å². The molecule has 1 saturated heterocycles. The van der Waals surface area contributed by atoms with Crippen LogP contribution < -0.4 is 0 Å². The first-order valence-corrected chi connectivity index (χ1v) is 9.10. The highest BCUT2D eigenvalue weighted by Crippen LogP contribution is 2.22. The predicted octanol–water partition coefficient (Wildman–Crippen LogP) is 3.68. The molecule has 4 nitrogen and oxygen atoms in total. The third-order valence-corrected chi connectivity index (χ3v) is 4.94. The predicted molar refractivity (Wildman–Crippen MR) is 97.0 cm³/mol. The molecule has 0 amide bonds. The Bertz CT molecular complexity index is 610. The Labute approximate surface area is 145 Å².